The van der Waals surface area contributed by atoms with Gasteiger partial charge in [-0.25, -0.2) is 18.7 Å². The first-order valence-electron chi connectivity index (χ1n) is 8.68. The molecule has 1 atom stereocenters. The van der Waals surface area contributed by atoms with Crippen LogP contribution in [0.15, 0.2) is 9.59 Å². The summed E-state index contributed by atoms with van der Waals surface area (Å²) in [5.41, 5.74) is -0.259. The molecule has 1 aromatic heterocycles. The summed E-state index contributed by atoms with van der Waals surface area (Å²) in [6.45, 7) is 6.18. The highest BCUT2D eigenvalue weighted by atomic mass is 16.6. The molecule has 0 radical (unpaired) electrons. The van der Waals surface area contributed by atoms with Gasteiger partial charge in [0.2, 0.25) is 0 Å². The fraction of sp³-hybridized carbons (Fsp3) is 0.706. The number of aromatic nitrogens is 2. The third-order valence-electron chi connectivity index (χ3n) is 4.35. The van der Waals surface area contributed by atoms with Crippen molar-refractivity contribution in [3.05, 3.63) is 32.1 Å². The molecule has 0 bridgehead atoms. The highest BCUT2D eigenvalue weighted by molar-refractivity contribution is 5.71. The van der Waals surface area contributed by atoms with Crippen molar-refractivity contribution >= 4 is 6.09 Å². The molecule has 1 saturated heterocycles. The van der Waals surface area contributed by atoms with Crippen molar-refractivity contribution in [1.82, 2.24) is 9.13 Å². The number of unbranched alkanes of at least 4 members (excludes halogenated alkanes) is 1. The maximum absolute atomic E-state index is 12.8. The second-order valence-corrected chi connectivity index (χ2v) is 6.00. The van der Waals surface area contributed by atoms with E-state index < -0.39 is 18.0 Å². The highest BCUT2D eigenvalue weighted by Gasteiger charge is 2.26. The monoisotopic (exact) mass is 338 g/mol. The van der Waals surface area contributed by atoms with E-state index in [-0.39, 0.29) is 12.2 Å². The maximum Gasteiger partial charge on any atom is 0.422 e. The van der Waals surface area contributed by atoms with Crippen LogP contribution in [-0.2, 0) is 15.9 Å². The van der Waals surface area contributed by atoms with E-state index >= 15 is 0 Å². The number of carbonyl (C=O) groups is 1. The van der Waals surface area contributed by atoms with Crippen molar-refractivity contribution in [3.8, 4) is 0 Å². The van der Waals surface area contributed by atoms with Gasteiger partial charge in [-0.2, -0.15) is 0 Å². The van der Waals surface area contributed by atoms with Crippen LogP contribution < -0.4 is 11.2 Å². The average Bonchev–Trinajstić information content (AvgIpc) is 2.56. The zero-order valence-electron chi connectivity index (χ0n) is 14.7. The van der Waals surface area contributed by atoms with E-state index in [1.165, 1.54) is 0 Å². The molecule has 0 aromatic carbocycles. The molecule has 0 amide bonds. The quantitative estimate of drug-likeness (QED) is 0.770. The summed E-state index contributed by atoms with van der Waals surface area (Å²) in [6, 6.07) is 0. The van der Waals surface area contributed by atoms with E-state index in [2.05, 4.69) is 0 Å². The lowest BCUT2D eigenvalue weighted by molar-refractivity contribution is -0.0375. The van der Waals surface area contributed by atoms with Crippen molar-refractivity contribution in [1.29, 1.82) is 0 Å². The molecule has 0 N–H and O–H groups in total. The summed E-state index contributed by atoms with van der Waals surface area (Å²) < 4.78 is 12.8. The Kier molecular flexibility index (Phi) is 6.36. The van der Waals surface area contributed by atoms with E-state index in [4.69, 9.17) is 9.47 Å². The molecule has 1 aliphatic rings. The number of rotatable bonds is 5. The molecule has 1 aromatic rings. The van der Waals surface area contributed by atoms with Crippen LogP contribution >= 0.6 is 0 Å². The molecule has 7 nitrogen and oxygen atoms in total. The Hall–Kier alpha value is -1.89. The molecular weight excluding hydrogens is 312 g/mol. The summed E-state index contributed by atoms with van der Waals surface area (Å²) in [5.74, 6) is 0. The van der Waals surface area contributed by atoms with E-state index in [1.807, 2.05) is 13.8 Å². The Morgan fingerprint density at radius 1 is 1.29 bits per heavy atom. The van der Waals surface area contributed by atoms with Crippen LogP contribution in [0.1, 0.15) is 63.4 Å². The lowest BCUT2D eigenvalue weighted by atomic mass is 10.1. The second-order valence-electron chi connectivity index (χ2n) is 6.00. The smallest absolute Gasteiger partial charge is 0.422 e. The SMILES string of the molecule is CCCCOC(=O)n1c(C)c(CC)c(=O)n(C2CCCCO2)c1=O. The summed E-state index contributed by atoms with van der Waals surface area (Å²) >= 11 is 0. The molecule has 1 fully saturated rings. The van der Waals surface area contributed by atoms with Gasteiger partial charge in [-0.1, -0.05) is 20.3 Å². The van der Waals surface area contributed by atoms with Gasteiger partial charge in [0.1, 0.15) is 6.23 Å². The van der Waals surface area contributed by atoms with Gasteiger partial charge in [0.15, 0.2) is 0 Å². The fourth-order valence-corrected chi connectivity index (χ4v) is 2.94. The molecule has 134 valence electrons. The normalized spacial score (nSPS) is 17.7. The summed E-state index contributed by atoms with van der Waals surface area (Å²) in [6.07, 6.45) is 3.08. The van der Waals surface area contributed by atoms with Gasteiger partial charge >= 0.3 is 11.8 Å². The fourth-order valence-electron chi connectivity index (χ4n) is 2.94. The molecule has 24 heavy (non-hydrogen) atoms. The van der Waals surface area contributed by atoms with Crippen molar-refractivity contribution in [3.63, 3.8) is 0 Å². The van der Waals surface area contributed by atoms with Crippen LogP contribution in [0.3, 0.4) is 0 Å². The predicted octanol–water partition coefficient (Wildman–Crippen LogP) is 2.36. The van der Waals surface area contributed by atoms with Crippen molar-refractivity contribution in [2.45, 2.75) is 65.5 Å². The minimum atomic E-state index is -0.731. The molecule has 1 unspecified atom stereocenters. The van der Waals surface area contributed by atoms with E-state index in [1.54, 1.807) is 6.92 Å². The summed E-state index contributed by atoms with van der Waals surface area (Å²) in [4.78, 5) is 37.9. The van der Waals surface area contributed by atoms with Crippen LogP contribution in [0.25, 0.3) is 0 Å². The van der Waals surface area contributed by atoms with Gasteiger partial charge in [0, 0.05) is 17.9 Å². The van der Waals surface area contributed by atoms with Crippen LogP contribution in [0.2, 0.25) is 0 Å². The topological polar surface area (TPSA) is 79.5 Å². The van der Waals surface area contributed by atoms with Crippen molar-refractivity contribution in [2.24, 2.45) is 0 Å². The molecular formula is C17H26N2O5. The van der Waals surface area contributed by atoms with Gasteiger partial charge in [-0.05, 0) is 39.0 Å². The average molecular weight is 338 g/mol. The van der Waals surface area contributed by atoms with Gasteiger partial charge < -0.3 is 9.47 Å². The number of nitrogens with zero attached hydrogens (tertiary/aromatic N) is 2. The summed E-state index contributed by atoms with van der Waals surface area (Å²) in [7, 11) is 0. The first-order chi connectivity index (χ1) is 11.5. The molecule has 0 saturated carbocycles. The van der Waals surface area contributed by atoms with Gasteiger partial charge in [0.25, 0.3) is 5.56 Å². The third kappa shape index (κ3) is 3.61. The zero-order chi connectivity index (χ0) is 17.7. The Morgan fingerprint density at radius 2 is 2.04 bits per heavy atom. The van der Waals surface area contributed by atoms with Crippen LogP contribution in [0.4, 0.5) is 4.79 Å². The van der Waals surface area contributed by atoms with Crippen LogP contribution in [-0.4, -0.2) is 28.4 Å². The molecule has 1 aliphatic heterocycles. The van der Waals surface area contributed by atoms with Gasteiger partial charge in [-0.3, -0.25) is 4.79 Å². The molecule has 2 heterocycles. The highest BCUT2D eigenvalue weighted by Crippen LogP contribution is 2.20. The minimum Gasteiger partial charge on any atom is -0.449 e. The first kappa shape index (κ1) is 18.4. The van der Waals surface area contributed by atoms with E-state index in [9.17, 15) is 14.4 Å². The standard InChI is InChI=1S/C17H26N2O5/c1-4-6-10-24-17(22)18-12(3)13(5-2)15(20)19(16(18)21)14-9-7-8-11-23-14/h14H,4-11H2,1-3H3. The number of hydrogen-bond acceptors (Lipinski definition) is 5. The lowest BCUT2D eigenvalue weighted by Crippen LogP contribution is -2.48. The number of ether oxygens (including phenoxy) is 2. The van der Waals surface area contributed by atoms with E-state index in [0.29, 0.717) is 30.7 Å². The molecule has 0 spiro atoms. The second kappa shape index (κ2) is 8.28. The minimum absolute atomic E-state index is 0.252. The summed E-state index contributed by atoms with van der Waals surface area (Å²) in [5, 5.41) is 0. The van der Waals surface area contributed by atoms with E-state index in [0.717, 1.165) is 34.8 Å². The Balaban J connectivity index is 2.52. The number of hydrogen-bond donors (Lipinski definition) is 0. The molecule has 0 aliphatic carbocycles. The van der Waals surface area contributed by atoms with Crippen molar-refractivity contribution in [2.75, 3.05) is 13.2 Å². The first-order valence-corrected chi connectivity index (χ1v) is 8.68. The lowest BCUT2D eigenvalue weighted by Gasteiger charge is -2.25. The van der Waals surface area contributed by atoms with Gasteiger partial charge in [-0.15, -0.1) is 0 Å². The van der Waals surface area contributed by atoms with Gasteiger partial charge in [0.05, 0.1) is 6.61 Å². The Morgan fingerprint density at radius 3 is 2.62 bits per heavy atom. The zero-order valence-corrected chi connectivity index (χ0v) is 14.7. The molecule has 7 heteroatoms. The number of carbonyl (C=O) groups excluding carboxylic acids is 1. The third-order valence-corrected chi connectivity index (χ3v) is 4.35. The van der Waals surface area contributed by atoms with Crippen LogP contribution in [0, 0.1) is 6.92 Å². The maximum atomic E-state index is 12.8. The predicted molar refractivity (Wildman–Crippen MR) is 89.6 cm³/mol. The largest absolute Gasteiger partial charge is 0.449 e. The van der Waals surface area contributed by atoms with Crippen molar-refractivity contribution < 1.29 is 14.3 Å². The Labute approximate surface area is 141 Å². The Bertz CT molecular complexity index is 698. The molecule has 2 rings (SSSR count). The van der Waals surface area contributed by atoms with Crippen LogP contribution in [0.5, 0.6) is 0 Å².